The molecule has 4 rings (SSSR count). The number of amides is 1. The number of benzene rings is 2. The summed E-state index contributed by atoms with van der Waals surface area (Å²) in [5, 5.41) is 32.3. The van der Waals surface area contributed by atoms with E-state index in [4.69, 9.17) is 30.8 Å². The van der Waals surface area contributed by atoms with E-state index in [1.54, 1.807) is 0 Å². The first-order valence-electron chi connectivity index (χ1n) is 13.7. The zero-order valence-electron chi connectivity index (χ0n) is 23.1. The largest absolute Gasteiger partial charge is 0.445 e. The van der Waals surface area contributed by atoms with Gasteiger partial charge in [0.25, 0.3) is 0 Å². The highest BCUT2D eigenvalue weighted by Gasteiger charge is 2.46. The molecular weight excluding hydrogens is 560 g/mol. The van der Waals surface area contributed by atoms with E-state index in [2.05, 4.69) is 30.1 Å². The lowest BCUT2D eigenvalue weighted by Crippen LogP contribution is -2.58. The SMILES string of the molecule is [N-]=[N+]=N[C@H]1C[C@@H](N=[N+]=[N-])[C@H](O)[C@@H](O)[C@@H]1O[C@H]1OC(CN(Cc2ccccc2)C(=O)OCc2ccccc2)CC[C@H]1N=[N+]=[N-]. The van der Waals surface area contributed by atoms with Crippen molar-refractivity contribution in [3.8, 4) is 0 Å². The van der Waals surface area contributed by atoms with Gasteiger partial charge in [-0.25, -0.2) is 4.79 Å². The van der Waals surface area contributed by atoms with Crippen molar-refractivity contribution in [2.75, 3.05) is 6.54 Å². The van der Waals surface area contributed by atoms with Crippen LogP contribution in [-0.2, 0) is 27.4 Å². The summed E-state index contributed by atoms with van der Waals surface area (Å²) in [5.41, 5.74) is 28.7. The molecule has 43 heavy (non-hydrogen) atoms. The van der Waals surface area contributed by atoms with Gasteiger partial charge in [-0.2, -0.15) is 0 Å². The molecule has 2 fully saturated rings. The van der Waals surface area contributed by atoms with E-state index in [0.29, 0.717) is 12.8 Å². The summed E-state index contributed by atoms with van der Waals surface area (Å²) in [4.78, 5) is 23.1. The molecule has 1 unspecified atom stereocenters. The van der Waals surface area contributed by atoms with Crippen LogP contribution in [0.4, 0.5) is 4.79 Å². The molecule has 226 valence electrons. The van der Waals surface area contributed by atoms with Crippen molar-refractivity contribution < 1.29 is 29.2 Å². The zero-order chi connectivity index (χ0) is 30.6. The van der Waals surface area contributed by atoms with Crippen molar-refractivity contribution in [3.63, 3.8) is 0 Å². The molecule has 8 atom stereocenters. The highest BCUT2D eigenvalue weighted by molar-refractivity contribution is 5.67. The predicted molar refractivity (Wildman–Crippen MR) is 152 cm³/mol. The van der Waals surface area contributed by atoms with Gasteiger partial charge in [-0.05, 0) is 47.0 Å². The molecule has 2 aromatic rings. The van der Waals surface area contributed by atoms with Crippen molar-refractivity contribution in [3.05, 3.63) is 103 Å². The molecule has 0 aromatic heterocycles. The Kier molecular flexibility index (Phi) is 11.4. The Morgan fingerprint density at radius 2 is 1.47 bits per heavy atom. The molecule has 0 bridgehead atoms. The minimum Gasteiger partial charge on any atom is -0.445 e. The lowest BCUT2D eigenvalue weighted by molar-refractivity contribution is -0.254. The number of hydrogen-bond acceptors (Lipinski definition) is 9. The van der Waals surface area contributed by atoms with Crippen molar-refractivity contribution in [2.45, 2.75) is 81.2 Å². The van der Waals surface area contributed by atoms with Crippen molar-refractivity contribution in [1.29, 1.82) is 0 Å². The van der Waals surface area contributed by atoms with Gasteiger partial charge in [0.1, 0.15) is 12.7 Å². The molecule has 1 amide bonds. The molecule has 1 heterocycles. The average molecular weight is 593 g/mol. The summed E-state index contributed by atoms with van der Waals surface area (Å²) in [7, 11) is 0. The molecule has 2 aliphatic rings. The van der Waals surface area contributed by atoms with Crippen LogP contribution in [0.5, 0.6) is 0 Å². The minimum absolute atomic E-state index is 0.0840. The summed E-state index contributed by atoms with van der Waals surface area (Å²) in [6, 6.07) is 15.8. The number of carbonyl (C=O) groups excluding carboxylic acids is 1. The number of hydrogen-bond donors (Lipinski definition) is 2. The van der Waals surface area contributed by atoms with Gasteiger partial charge in [0.05, 0.1) is 43.0 Å². The topological polar surface area (TPSA) is 235 Å². The first-order valence-corrected chi connectivity index (χ1v) is 13.7. The van der Waals surface area contributed by atoms with Crippen LogP contribution in [-0.4, -0.2) is 76.6 Å². The molecule has 1 aliphatic carbocycles. The van der Waals surface area contributed by atoms with Gasteiger partial charge >= 0.3 is 6.09 Å². The molecule has 1 saturated heterocycles. The van der Waals surface area contributed by atoms with Crippen molar-refractivity contribution in [2.24, 2.45) is 15.3 Å². The maximum absolute atomic E-state index is 13.2. The quantitative estimate of drug-likeness (QED) is 0.209. The Morgan fingerprint density at radius 1 is 0.860 bits per heavy atom. The maximum atomic E-state index is 13.2. The number of rotatable bonds is 11. The van der Waals surface area contributed by atoms with E-state index in [0.717, 1.165) is 11.1 Å². The number of ether oxygens (including phenoxy) is 3. The molecule has 16 heteroatoms. The highest BCUT2D eigenvalue weighted by Crippen LogP contribution is 2.32. The van der Waals surface area contributed by atoms with Crippen molar-refractivity contribution >= 4 is 6.09 Å². The lowest BCUT2D eigenvalue weighted by Gasteiger charge is -2.43. The van der Waals surface area contributed by atoms with Gasteiger partial charge in [-0.15, -0.1) is 0 Å². The smallest absolute Gasteiger partial charge is 0.410 e. The summed E-state index contributed by atoms with van der Waals surface area (Å²) >= 11 is 0. The van der Waals surface area contributed by atoms with Gasteiger partial charge in [-0.3, -0.25) is 0 Å². The normalized spacial score (nSPS) is 28.3. The molecular formula is C27H32N10O6. The summed E-state index contributed by atoms with van der Waals surface area (Å²) < 4.78 is 17.8. The van der Waals surface area contributed by atoms with Crippen molar-refractivity contribution in [1.82, 2.24) is 4.90 Å². The third-order valence-corrected chi connectivity index (χ3v) is 7.36. The van der Waals surface area contributed by atoms with Crippen LogP contribution >= 0.6 is 0 Å². The van der Waals surface area contributed by atoms with Crippen LogP contribution in [0.3, 0.4) is 0 Å². The van der Waals surface area contributed by atoms with Crippen LogP contribution in [0.1, 0.15) is 30.4 Å². The number of carbonyl (C=O) groups is 1. The molecule has 2 N–H and O–H groups in total. The first-order chi connectivity index (χ1) is 20.9. The number of nitrogens with zero attached hydrogens (tertiary/aromatic N) is 10. The fourth-order valence-electron chi connectivity index (χ4n) is 5.20. The maximum Gasteiger partial charge on any atom is 0.410 e. The summed E-state index contributed by atoms with van der Waals surface area (Å²) in [6.07, 6.45) is -6.03. The first kappa shape index (κ1) is 31.4. The second-order valence-electron chi connectivity index (χ2n) is 10.2. The lowest BCUT2D eigenvalue weighted by atomic mass is 9.84. The Balaban J connectivity index is 1.50. The van der Waals surface area contributed by atoms with E-state index < -0.39 is 54.9 Å². The van der Waals surface area contributed by atoms with Gasteiger partial charge < -0.3 is 29.3 Å². The van der Waals surface area contributed by atoms with E-state index in [9.17, 15) is 15.0 Å². The van der Waals surface area contributed by atoms with E-state index in [-0.39, 0.29) is 26.1 Å². The number of aliphatic hydroxyl groups is 2. The Bertz CT molecular complexity index is 1350. The minimum atomic E-state index is -1.60. The third kappa shape index (κ3) is 8.51. The van der Waals surface area contributed by atoms with Crippen LogP contribution in [0.15, 0.2) is 76.0 Å². The van der Waals surface area contributed by atoms with Crippen LogP contribution in [0, 0.1) is 0 Å². The van der Waals surface area contributed by atoms with Crippen LogP contribution in [0.2, 0.25) is 0 Å². The predicted octanol–water partition coefficient (Wildman–Crippen LogP) is 4.88. The molecule has 1 saturated carbocycles. The summed E-state index contributed by atoms with van der Waals surface area (Å²) in [5.74, 6) is 0. The van der Waals surface area contributed by atoms with E-state index >= 15 is 0 Å². The number of azide groups is 3. The second kappa shape index (κ2) is 15.6. The molecule has 1 aliphatic heterocycles. The van der Waals surface area contributed by atoms with Crippen LogP contribution < -0.4 is 0 Å². The standard InChI is InChI=1S/C27H32N10O6/c28-34-31-20-12-11-19(42-26(20)43-25-22(33-36-30)13-21(32-35-29)23(38)24(25)39)15-37(14-17-7-3-1-4-8-17)27(40)41-16-18-9-5-2-6-10-18/h1-10,19-26,38-39H,11-16H2/t19?,20-,21-,22+,23+,24-,25-,26-/m1/s1. The second-order valence-corrected chi connectivity index (χ2v) is 10.2. The highest BCUT2D eigenvalue weighted by atomic mass is 16.7. The third-order valence-electron chi connectivity index (χ3n) is 7.36. The Morgan fingerprint density at radius 3 is 2.12 bits per heavy atom. The molecule has 16 nitrogen and oxygen atoms in total. The number of aliphatic hydroxyl groups excluding tert-OH is 2. The average Bonchev–Trinajstić information content (AvgIpc) is 3.02. The Hall–Kier alpha value is -4.52. The van der Waals surface area contributed by atoms with Gasteiger partial charge in [-0.1, -0.05) is 76.0 Å². The Labute approximate surface area is 246 Å². The fourth-order valence-corrected chi connectivity index (χ4v) is 5.20. The summed E-state index contributed by atoms with van der Waals surface area (Å²) in [6.45, 7) is 0.438. The fraction of sp³-hybridized carbons (Fsp3) is 0.519. The zero-order valence-corrected chi connectivity index (χ0v) is 23.1. The van der Waals surface area contributed by atoms with E-state index in [1.807, 2.05) is 60.7 Å². The van der Waals surface area contributed by atoms with Crippen LogP contribution in [0.25, 0.3) is 31.3 Å². The van der Waals surface area contributed by atoms with Gasteiger partial charge in [0, 0.05) is 21.3 Å². The van der Waals surface area contributed by atoms with Gasteiger partial charge in [0.2, 0.25) is 0 Å². The monoisotopic (exact) mass is 592 g/mol. The van der Waals surface area contributed by atoms with E-state index in [1.165, 1.54) is 4.90 Å². The van der Waals surface area contributed by atoms with Gasteiger partial charge in [0.15, 0.2) is 6.29 Å². The molecule has 0 radical (unpaired) electrons. The molecule has 2 aromatic carbocycles. The molecule has 0 spiro atoms.